The number of piperidine rings is 1. The Balaban J connectivity index is 1.70. The molecule has 2 aliphatic heterocycles. The summed E-state index contributed by atoms with van der Waals surface area (Å²) in [5.41, 5.74) is -1.10. The van der Waals surface area contributed by atoms with Gasteiger partial charge in [0.2, 0.25) is 0 Å². The molecule has 22 heavy (non-hydrogen) atoms. The van der Waals surface area contributed by atoms with E-state index in [2.05, 4.69) is 10.2 Å². The summed E-state index contributed by atoms with van der Waals surface area (Å²) < 4.78 is 10.5. The molecule has 2 rings (SSSR count). The normalized spacial score (nSPS) is 24.2. The maximum Gasteiger partial charge on any atom is 0.303 e. The summed E-state index contributed by atoms with van der Waals surface area (Å²) in [5, 5.41) is 2.92. The molecule has 6 heteroatoms. The van der Waals surface area contributed by atoms with E-state index in [0.29, 0.717) is 18.5 Å². The molecule has 2 aliphatic rings. The highest BCUT2D eigenvalue weighted by Gasteiger charge is 2.32. The molecular weight excluding hydrogens is 284 g/mol. The SMILES string of the molecule is CC(=O)OC(C)(C)C(=O)NCC1CCN([C@H]2CCOC2)CC1. The van der Waals surface area contributed by atoms with Crippen LogP contribution < -0.4 is 5.32 Å². The number of hydrogen-bond acceptors (Lipinski definition) is 5. The average Bonchev–Trinajstić information content (AvgIpc) is 2.98. The van der Waals surface area contributed by atoms with Gasteiger partial charge in [0, 0.05) is 26.1 Å². The van der Waals surface area contributed by atoms with E-state index in [1.54, 1.807) is 13.8 Å². The molecule has 0 unspecified atom stereocenters. The molecule has 6 nitrogen and oxygen atoms in total. The summed E-state index contributed by atoms with van der Waals surface area (Å²) in [7, 11) is 0. The molecule has 2 saturated heterocycles. The van der Waals surface area contributed by atoms with Gasteiger partial charge in [0.15, 0.2) is 5.60 Å². The van der Waals surface area contributed by atoms with Crippen molar-refractivity contribution in [2.45, 2.75) is 51.7 Å². The topological polar surface area (TPSA) is 67.9 Å². The largest absolute Gasteiger partial charge is 0.450 e. The summed E-state index contributed by atoms with van der Waals surface area (Å²) in [6, 6.07) is 0.582. The minimum absolute atomic E-state index is 0.227. The van der Waals surface area contributed by atoms with E-state index >= 15 is 0 Å². The van der Waals surface area contributed by atoms with E-state index < -0.39 is 11.6 Å². The molecule has 1 amide bonds. The van der Waals surface area contributed by atoms with E-state index in [1.165, 1.54) is 6.92 Å². The standard InChI is InChI=1S/C16H28N2O4/c1-12(19)22-16(2,3)15(20)17-10-13-4-7-18(8-5-13)14-6-9-21-11-14/h13-14H,4-11H2,1-3H3,(H,17,20)/t14-/m0/s1. The van der Waals surface area contributed by atoms with Crippen LogP contribution in [0, 0.1) is 5.92 Å². The van der Waals surface area contributed by atoms with Gasteiger partial charge < -0.3 is 14.8 Å². The number of hydrogen-bond donors (Lipinski definition) is 1. The maximum absolute atomic E-state index is 12.1. The van der Waals surface area contributed by atoms with Crippen molar-refractivity contribution in [3.05, 3.63) is 0 Å². The fourth-order valence-corrected chi connectivity index (χ4v) is 3.19. The highest BCUT2D eigenvalue weighted by molar-refractivity contribution is 5.86. The molecule has 0 aromatic rings. The summed E-state index contributed by atoms with van der Waals surface area (Å²) >= 11 is 0. The molecule has 0 aromatic heterocycles. The number of ether oxygens (including phenoxy) is 2. The number of nitrogens with one attached hydrogen (secondary N) is 1. The zero-order valence-corrected chi connectivity index (χ0v) is 13.9. The van der Waals surface area contributed by atoms with Gasteiger partial charge in [-0.3, -0.25) is 14.5 Å². The van der Waals surface area contributed by atoms with Gasteiger partial charge in [0.25, 0.3) is 5.91 Å². The molecule has 0 bridgehead atoms. The van der Waals surface area contributed by atoms with E-state index in [1.807, 2.05) is 0 Å². The van der Waals surface area contributed by atoms with Gasteiger partial charge in [-0.2, -0.15) is 0 Å². The van der Waals surface area contributed by atoms with Crippen molar-refractivity contribution in [3.8, 4) is 0 Å². The van der Waals surface area contributed by atoms with Crippen LogP contribution in [0.5, 0.6) is 0 Å². The predicted molar refractivity (Wildman–Crippen MR) is 82.4 cm³/mol. The van der Waals surface area contributed by atoms with Gasteiger partial charge in [-0.25, -0.2) is 0 Å². The van der Waals surface area contributed by atoms with E-state index in [9.17, 15) is 9.59 Å². The van der Waals surface area contributed by atoms with Crippen LogP contribution in [0.2, 0.25) is 0 Å². The van der Waals surface area contributed by atoms with Crippen LogP contribution in [0.4, 0.5) is 0 Å². The number of likely N-dealkylation sites (tertiary alicyclic amines) is 1. The molecule has 0 saturated carbocycles. The van der Waals surface area contributed by atoms with Gasteiger partial charge in [0.1, 0.15) is 0 Å². The molecule has 0 aromatic carbocycles. The lowest BCUT2D eigenvalue weighted by atomic mass is 9.95. The highest BCUT2D eigenvalue weighted by Crippen LogP contribution is 2.22. The Morgan fingerprint density at radius 2 is 1.95 bits per heavy atom. The van der Waals surface area contributed by atoms with E-state index in [0.717, 1.165) is 45.6 Å². The van der Waals surface area contributed by atoms with Crippen LogP contribution in [0.25, 0.3) is 0 Å². The molecule has 0 spiro atoms. The second-order valence-electron chi connectivity index (χ2n) is 6.81. The van der Waals surface area contributed by atoms with Gasteiger partial charge in [-0.05, 0) is 52.1 Å². The third-order valence-electron chi connectivity index (χ3n) is 4.57. The fourth-order valence-electron chi connectivity index (χ4n) is 3.19. The van der Waals surface area contributed by atoms with Gasteiger partial charge >= 0.3 is 5.97 Å². The van der Waals surface area contributed by atoms with Crippen molar-refractivity contribution in [2.24, 2.45) is 5.92 Å². The molecule has 2 heterocycles. The van der Waals surface area contributed by atoms with Crippen LogP contribution in [0.3, 0.4) is 0 Å². The Labute approximate surface area is 132 Å². The maximum atomic E-state index is 12.1. The lowest BCUT2D eigenvalue weighted by Gasteiger charge is -2.35. The first-order chi connectivity index (χ1) is 10.4. The molecular formula is C16H28N2O4. The number of amides is 1. The van der Waals surface area contributed by atoms with Crippen LogP contribution in [0.15, 0.2) is 0 Å². The highest BCUT2D eigenvalue weighted by atomic mass is 16.6. The quantitative estimate of drug-likeness (QED) is 0.766. The van der Waals surface area contributed by atoms with Crippen LogP contribution >= 0.6 is 0 Å². The first kappa shape index (κ1) is 17.2. The summed E-state index contributed by atoms with van der Waals surface area (Å²) in [4.78, 5) is 25.6. The van der Waals surface area contributed by atoms with Gasteiger partial charge in [-0.15, -0.1) is 0 Å². The monoisotopic (exact) mass is 312 g/mol. The third-order valence-corrected chi connectivity index (χ3v) is 4.57. The van der Waals surface area contributed by atoms with Crippen molar-refractivity contribution < 1.29 is 19.1 Å². The molecule has 1 atom stereocenters. The third kappa shape index (κ3) is 4.68. The minimum Gasteiger partial charge on any atom is -0.450 e. The second kappa shape index (κ2) is 7.42. The number of carbonyl (C=O) groups excluding carboxylic acids is 2. The smallest absolute Gasteiger partial charge is 0.303 e. The molecule has 0 radical (unpaired) electrons. The number of carbonyl (C=O) groups is 2. The number of nitrogens with zero attached hydrogens (tertiary/aromatic N) is 1. The number of esters is 1. The van der Waals surface area contributed by atoms with Crippen molar-refractivity contribution >= 4 is 11.9 Å². The van der Waals surface area contributed by atoms with Crippen molar-refractivity contribution in [1.82, 2.24) is 10.2 Å². The summed E-state index contributed by atoms with van der Waals surface area (Å²) in [5.74, 6) is -0.169. The van der Waals surface area contributed by atoms with Crippen molar-refractivity contribution in [3.63, 3.8) is 0 Å². The lowest BCUT2D eigenvalue weighted by molar-refractivity contribution is -0.163. The molecule has 2 fully saturated rings. The second-order valence-corrected chi connectivity index (χ2v) is 6.81. The van der Waals surface area contributed by atoms with Gasteiger partial charge in [0.05, 0.1) is 6.61 Å². The van der Waals surface area contributed by atoms with E-state index in [-0.39, 0.29) is 5.91 Å². The van der Waals surface area contributed by atoms with Gasteiger partial charge in [-0.1, -0.05) is 0 Å². The fraction of sp³-hybridized carbons (Fsp3) is 0.875. The van der Waals surface area contributed by atoms with E-state index in [4.69, 9.17) is 9.47 Å². The zero-order valence-electron chi connectivity index (χ0n) is 13.9. The van der Waals surface area contributed by atoms with Crippen LogP contribution in [0.1, 0.15) is 40.0 Å². The van der Waals surface area contributed by atoms with Crippen LogP contribution in [-0.2, 0) is 19.1 Å². The Morgan fingerprint density at radius 3 is 2.50 bits per heavy atom. The van der Waals surface area contributed by atoms with Crippen molar-refractivity contribution in [2.75, 3.05) is 32.8 Å². The Bertz CT molecular complexity index is 397. The Hall–Kier alpha value is -1.14. The molecule has 126 valence electrons. The average molecular weight is 312 g/mol. The summed E-state index contributed by atoms with van der Waals surface area (Å²) in [6.45, 7) is 9.09. The van der Waals surface area contributed by atoms with Crippen molar-refractivity contribution in [1.29, 1.82) is 0 Å². The number of rotatable bonds is 5. The molecule has 1 N–H and O–H groups in total. The first-order valence-corrected chi connectivity index (χ1v) is 8.18. The first-order valence-electron chi connectivity index (χ1n) is 8.18. The Kier molecular flexibility index (Phi) is 5.81. The molecule has 0 aliphatic carbocycles. The zero-order chi connectivity index (χ0) is 16.2. The Morgan fingerprint density at radius 1 is 1.27 bits per heavy atom. The predicted octanol–water partition coefficient (Wildman–Crippen LogP) is 0.945. The minimum atomic E-state index is -1.10. The van der Waals surface area contributed by atoms with Crippen LogP contribution in [-0.4, -0.2) is 61.3 Å². The lowest BCUT2D eigenvalue weighted by Crippen LogP contribution is -2.48. The summed E-state index contributed by atoms with van der Waals surface area (Å²) in [6.07, 6.45) is 3.31.